The fourth-order valence-corrected chi connectivity index (χ4v) is 2.18. The molecule has 18 heavy (non-hydrogen) atoms. The zero-order valence-electron chi connectivity index (χ0n) is 11.5. The lowest BCUT2D eigenvalue weighted by Gasteiger charge is -2.23. The molecular formula is C13H21N5. The molecule has 5 heteroatoms. The minimum Gasteiger partial charge on any atom is -0.387 e. The van der Waals surface area contributed by atoms with Crippen LogP contribution in [0.25, 0.3) is 0 Å². The Kier molecular flexibility index (Phi) is 3.50. The average molecular weight is 247 g/mol. The first kappa shape index (κ1) is 12.8. The number of nitrogens with two attached hydrogens (primary N) is 1. The minimum absolute atomic E-state index is 0.292. The minimum atomic E-state index is 0.292. The third-order valence-electron chi connectivity index (χ3n) is 3.13. The summed E-state index contributed by atoms with van der Waals surface area (Å²) >= 11 is 0. The number of aliphatic imine (C=N–C) groups is 3. The molecule has 5 nitrogen and oxygen atoms in total. The van der Waals surface area contributed by atoms with E-state index in [2.05, 4.69) is 27.2 Å². The Bertz CT molecular complexity index is 462. The summed E-state index contributed by atoms with van der Waals surface area (Å²) in [6.45, 7) is 7.68. The van der Waals surface area contributed by atoms with Gasteiger partial charge in [-0.15, -0.1) is 0 Å². The lowest BCUT2D eigenvalue weighted by molar-refractivity contribution is 0.645. The molecule has 0 radical (unpaired) electrons. The van der Waals surface area contributed by atoms with Gasteiger partial charge in [0.1, 0.15) is 11.7 Å². The van der Waals surface area contributed by atoms with Crippen molar-refractivity contribution in [2.24, 2.45) is 26.6 Å². The maximum Gasteiger partial charge on any atom is 0.134 e. The van der Waals surface area contributed by atoms with E-state index in [9.17, 15) is 0 Å². The van der Waals surface area contributed by atoms with Crippen molar-refractivity contribution in [1.29, 1.82) is 0 Å². The molecule has 1 atom stereocenters. The number of hydrogen-bond acceptors (Lipinski definition) is 3. The van der Waals surface area contributed by atoms with Gasteiger partial charge in [-0.2, -0.15) is 0 Å². The Labute approximate surface area is 108 Å². The Morgan fingerprint density at radius 1 is 1.33 bits per heavy atom. The molecule has 0 aromatic carbocycles. The van der Waals surface area contributed by atoms with E-state index in [0.29, 0.717) is 23.6 Å². The molecule has 1 fully saturated rings. The highest BCUT2D eigenvalue weighted by Crippen LogP contribution is 2.39. The van der Waals surface area contributed by atoms with E-state index in [0.717, 1.165) is 11.7 Å². The first-order valence-corrected chi connectivity index (χ1v) is 6.35. The molecule has 0 unspecified atom stereocenters. The summed E-state index contributed by atoms with van der Waals surface area (Å²) in [6, 6.07) is 0.292. The molecular weight excluding hydrogens is 226 g/mol. The summed E-state index contributed by atoms with van der Waals surface area (Å²) in [5.41, 5.74) is 6.76. The number of hydrogen-bond donors (Lipinski definition) is 2. The SMILES string of the molecule is CC(N)=N/C(C)=N/C1=C(C)[C@H](C2CC2)N=C(C)N1. The highest BCUT2D eigenvalue weighted by molar-refractivity contribution is 5.94. The van der Waals surface area contributed by atoms with Crippen LogP contribution in [0.1, 0.15) is 40.5 Å². The quantitative estimate of drug-likeness (QED) is 0.577. The summed E-state index contributed by atoms with van der Waals surface area (Å²) < 4.78 is 0. The molecule has 0 aromatic rings. The molecule has 0 aromatic heterocycles. The Balaban J connectivity index is 2.25. The lowest BCUT2D eigenvalue weighted by atomic mass is 10.0. The van der Waals surface area contributed by atoms with Crippen molar-refractivity contribution < 1.29 is 0 Å². The van der Waals surface area contributed by atoms with Gasteiger partial charge < -0.3 is 11.1 Å². The summed E-state index contributed by atoms with van der Waals surface area (Å²) in [5.74, 6) is 3.70. The molecule has 0 spiro atoms. The topological polar surface area (TPSA) is 75.1 Å². The molecule has 3 N–H and O–H groups in total. The van der Waals surface area contributed by atoms with Gasteiger partial charge in [-0.1, -0.05) is 0 Å². The van der Waals surface area contributed by atoms with Crippen LogP contribution in [0.3, 0.4) is 0 Å². The first-order chi connectivity index (χ1) is 8.47. The van der Waals surface area contributed by atoms with Gasteiger partial charge >= 0.3 is 0 Å². The van der Waals surface area contributed by atoms with Crippen LogP contribution in [-0.2, 0) is 0 Å². The fourth-order valence-electron chi connectivity index (χ4n) is 2.18. The van der Waals surface area contributed by atoms with E-state index in [-0.39, 0.29) is 0 Å². The van der Waals surface area contributed by atoms with Crippen LogP contribution in [0.2, 0.25) is 0 Å². The van der Waals surface area contributed by atoms with Gasteiger partial charge in [-0.3, -0.25) is 4.99 Å². The Morgan fingerprint density at radius 3 is 2.56 bits per heavy atom. The Morgan fingerprint density at radius 2 is 2.00 bits per heavy atom. The largest absolute Gasteiger partial charge is 0.387 e. The maximum absolute atomic E-state index is 5.55. The third kappa shape index (κ3) is 2.97. The van der Waals surface area contributed by atoms with E-state index >= 15 is 0 Å². The molecule has 1 heterocycles. The fraction of sp³-hybridized carbons (Fsp3) is 0.615. The van der Waals surface area contributed by atoms with Gasteiger partial charge in [-0.05, 0) is 52.0 Å². The van der Waals surface area contributed by atoms with E-state index in [1.54, 1.807) is 6.92 Å². The molecule has 1 saturated carbocycles. The normalized spacial score (nSPS) is 26.0. The highest BCUT2D eigenvalue weighted by atomic mass is 15.1. The van der Waals surface area contributed by atoms with Crippen LogP contribution in [0.5, 0.6) is 0 Å². The molecule has 1 aliphatic heterocycles. The van der Waals surface area contributed by atoms with Crippen molar-refractivity contribution in [3.8, 4) is 0 Å². The highest BCUT2D eigenvalue weighted by Gasteiger charge is 2.35. The van der Waals surface area contributed by atoms with Crippen LogP contribution >= 0.6 is 0 Å². The maximum atomic E-state index is 5.55. The molecule has 0 bridgehead atoms. The number of rotatable bonds is 2. The van der Waals surface area contributed by atoms with Crippen LogP contribution in [0.15, 0.2) is 26.4 Å². The van der Waals surface area contributed by atoms with Crippen molar-refractivity contribution in [3.63, 3.8) is 0 Å². The predicted molar refractivity (Wildman–Crippen MR) is 75.9 cm³/mol. The number of nitrogens with zero attached hydrogens (tertiary/aromatic N) is 3. The van der Waals surface area contributed by atoms with Crippen molar-refractivity contribution in [1.82, 2.24) is 5.32 Å². The molecule has 0 amide bonds. The molecule has 98 valence electrons. The van der Waals surface area contributed by atoms with Crippen molar-refractivity contribution in [2.45, 2.75) is 46.6 Å². The zero-order chi connectivity index (χ0) is 13.3. The Hall–Kier alpha value is -1.65. The standard InChI is InChI=1S/C13H21N5/c1-7-12(11-5-6-11)16-10(4)18-13(7)17-9(3)15-8(2)14/h11-12H,5-6H2,1-4H3,(H,16,18)(H2,14,15,17)/t12-/m1/s1. The second-order valence-corrected chi connectivity index (χ2v) is 5.07. The molecule has 2 aliphatic rings. The van der Waals surface area contributed by atoms with E-state index in [4.69, 9.17) is 5.73 Å². The zero-order valence-corrected chi connectivity index (χ0v) is 11.5. The van der Waals surface area contributed by atoms with Gasteiger partial charge in [0.25, 0.3) is 0 Å². The second-order valence-electron chi connectivity index (χ2n) is 5.07. The summed E-state index contributed by atoms with van der Waals surface area (Å²) in [6.07, 6.45) is 2.55. The monoisotopic (exact) mass is 247 g/mol. The second kappa shape index (κ2) is 4.92. The van der Waals surface area contributed by atoms with Crippen molar-refractivity contribution in [3.05, 3.63) is 11.4 Å². The van der Waals surface area contributed by atoms with Crippen LogP contribution in [-0.4, -0.2) is 23.5 Å². The van der Waals surface area contributed by atoms with Gasteiger partial charge in [0.2, 0.25) is 0 Å². The molecule has 1 aliphatic carbocycles. The van der Waals surface area contributed by atoms with Gasteiger partial charge in [0.05, 0.1) is 17.7 Å². The summed E-state index contributed by atoms with van der Waals surface area (Å²) in [7, 11) is 0. The lowest BCUT2D eigenvalue weighted by Crippen LogP contribution is -2.31. The van der Waals surface area contributed by atoms with Gasteiger partial charge in [0, 0.05) is 0 Å². The van der Waals surface area contributed by atoms with E-state index < -0.39 is 0 Å². The van der Waals surface area contributed by atoms with Crippen LogP contribution < -0.4 is 11.1 Å². The number of nitrogens with one attached hydrogen (secondary N) is 1. The first-order valence-electron chi connectivity index (χ1n) is 6.35. The third-order valence-corrected chi connectivity index (χ3v) is 3.13. The van der Waals surface area contributed by atoms with Crippen molar-refractivity contribution in [2.75, 3.05) is 0 Å². The molecule has 0 saturated heterocycles. The average Bonchev–Trinajstić information content (AvgIpc) is 3.05. The molecule has 2 rings (SSSR count). The van der Waals surface area contributed by atoms with Crippen LogP contribution in [0, 0.1) is 5.92 Å². The van der Waals surface area contributed by atoms with Crippen molar-refractivity contribution >= 4 is 17.5 Å². The van der Waals surface area contributed by atoms with Gasteiger partial charge in [-0.25, -0.2) is 9.98 Å². The van der Waals surface area contributed by atoms with E-state index in [1.807, 2.05) is 13.8 Å². The summed E-state index contributed by atoms with van der Waals surface area (Å²) in [5, 5.41) is 3.21. The smallest absolute Gasteiger partial charge is 0.134 e. The number of amidine groups is 3. The predicted octanol–water partition coefficient (Wildman–Crippen LogP) is 1.81. The summed E-state index contributed by atoms with van der Waals surface area (Å²) in [4.78, 5) is 13.3. The van der Waals surface area contributed by atoms with Gasteiger partial charge in [0.15, 0.2) is 0 Å². The van der Waals surface area contributed by atoms with Crippen LogP contribution in [0.4, 0.5) is 0 Å². The van der Waals surface area contributed by atoms with E-state index in [1.165, 1.54) is 18.4 Å².